The summed E-state index contributed by atoms with van der Waals surface area (Å²) in [6.45, 7) is 7.20. The van der Waals surface area contributed by atoms with Gasteiger partial charge in [0.25, 0.3) is 0 Å². The maximum atomic E-state index is 8.91. The highest BCUT2D eigenvalue weighted by molar-refractivity contribution is 5.42. The number of rotatable bonds is 2. The predicted octanol–water partition coefficient (Wildman–Crippen LogP) is 1.43. The first-order chi connectivity index (χ1) is 7.02. The molecule has 4 nitrogen and oxygen atoms in total. The van der Waals surface area contributed by atoms with Crippen LogP contribution in [0.1, 0.15) is 26.5 Å². The van der Waals surface area contributed by atoms with Crippen LogP contribution in [0, 0.1) is 0 Å². The molecule has 0 amide bonds. The summed E-state index contributed by atoms with van der Waals surface area (Å²) in [7, 11) is 0. The van der Waals surface area contributed by atoms with Gasteiger partial charge in [-0.25, -0.2) is 4.52 Å². The zero-order chi connectivity index (χ0) is 11.1. The quantitative estimate of drug-likeness (QED) is 0.809. The smallest absolute Gasteiger partial charge is 0.136 e. The van der Waals surface area contributed by atoms with E-state index in [1.165, 1.54) is 0 Å². The number of aliphatic hydroxyl groups excluding tert-OH is 1. The molecule has 0 unspecified atom stereocenters. The topological polar surface area (TPSA) is 42.5 Å². The minimum atomic E-state index is 0.0655. The zero-order valence-electron chi connectivity index (χ0n) is 9.44. The van der Waals surface area contributed by atoms with Gasteiger partial charge in [0.1, 0.15) is 5.65 Å². The highest BCUT2D eigenvalue weighted by Crippen LogP contribution is 2.22. The van der Waals surface area contributed by atoms with Crippen LogP contribution in [0.25, 0.3) is 5.65 Å². The molecule has 4 heteroatoms. The van der Waals surface area contributed by atoms with Gasteiger partial charge in [-0.05, 0) is 0 Å². The number of hydrogen-bond donors (Lipinski definition) is 1. The highest BCUT2D eigenvalue weighted by atomic mass is 16.3. The van der Waals surface area contributed by atoms with Crippen molar-refractivity contribution < 1.29 is 5.11 Å². The van der Waals surface area contributed by atoms with Gasteiger partial charge in [-0.1, -0.05) is 20.8 Å². The van der Waals surface area contributed by atoms with Crippen molar-refractivity contribution >= 4 is 5.65 Å². The molecule has 0 aliphatic carbocycles. The van der Waals surface area contributed by atoms with Gasteiger partial charge in [0.15, 0.2) is 0 Å². The van der Waals surface area contributed by atoms with Gasteiger partial charge in [-0.15, -0.1) is 0 Å². The van der Waals surface area contributed by atoms with E-state index in [1.54, 1.807) is 0 Å². The molecule has 1 N–H and O–H groups in total. The Bertz CT molecular complexity index is 462. The van der Waals surface area contributed by atoms with E-state index >= 15 is 0 Å². The van der Waals surface area contributed by atoms with Crippen molar-refractivity contribution in [1.29, 1.82) is 0 Å². The minimum Gasteiger partial charge on any atom is -0.395 e. The third kappa shape index (κ3) is 1.77. The molecule has 2 aromatic heterocycles. The second-order valence-corrected chi connectivity index (χ2v) is 4.80. The lowest BCUT2D eigenvalue weighted by atomic mass is 9.93. The van der Waals surface area contributed by atoms with Crippen LogP contribution in [0.4, 0.5) is 0 Å². The van der Waals surface area contributed by atoms with E-state index in [1.807, 2.05) is 21.5 Å². The summed E-state index contributed by atoms with van der Waals surface area (Å²) < 4.78 is 3.86. The van der Waals surface area contributed by atoms with Gasteiger partial charge < -0.3 is 9.67 Å². The molecule has 0 aliphatic heterocycles. The molecule has 0 aromatic carbocycles. The van der Waals surface area contributed by atoms with Crippen LogP contribution in [0.3, 0.4) is 0 Å². The Morgan fingerprint density at radius 3 is 2.67 bits per heavy atom. The second-order valence-electron chi connectivity index (χ2n) is 4.80. The Morgan fingerprint density at radius 1 is 1.33 bits per heavy atom. The molecule has 0 saturated carbocycles. The average Bonchev–Trinajstić information content (AvgIpc) is 2.65. The van der Waals surface area contributed by atoms with Crippen molar-refractivity contribution in [3.63, 3.8) is 0 Å². The third-order valence-corrected chi connectivity index (χ3v) is 2.51. The second kappa shape index (κ2) is 3.38. The molecule has 0 bridgehead atoms. The molecule has 0 radical (unpaired) electrons. The van der Waals surface area contributed by atoms with Gasteiger partial charge in [-0.2, -0.15) is 5.10 Å². The molecule has 0 fully saturated rings. The summed E-state index contributed by atoms with van der Waals surface area (Å²) in [4.78, 5) is 0. The summed E-state index contributed by atoms with van der Waals surface area (Å²) in [6.07, 6.45) is 3.85. The number of fused-ring (bicyclic) bond motifs is 1. The summed E-state index contributed by atoms with van der Waals surface area (Å²) in [6, 6.07) is 2.08. The Kier molecular flexibility index (Phi) is 2.31. The van der Waals surface area contributed by atoms with Gasteiger partial charge in [0, 0.05) is 30.4 Å². The molecular formula is C11H17N3O. The average molecular weight is 207 g/mol. The Hall–Kier alpha value is -1.29. The van der Waals surface area contributed by atoms with Crippen molar-refractivity contribution in [3.8, 4) is 0 Å². The molecule has 0 spiro atoms. The summed E-state index contributed by atoms with van der Waals surface area (Å²) in [5, 5.41) is 13.4. The third-order valence-electron chi connectivity index (χ3n) is 2.51. The maximum absolute atomic E-state index is 8.91. The molecule has 82 valence electrons. The lowest BCUT2D eigenvalue weighted by Gasteiger charge is -2.13. The number of nitrogens with zero attached hydrogens (tertiary/aromatic N) is 3. The fourth-order valence-electron chi connectivity index (χ4n) is 1.59. The van der Waals surface area contributed by atoms with Crippen molar-refractivity contribution in [3.05, 3.63) is 24.2 Å². The van der Waals surface area contributed by atoms with Crippen LogP contribution >= 0.6 is 0 Å². The monoisotopic (exact) mass is 207 g/mol. The van der Waals surface area contributed by atoms with Crippen LogP contribution in [-0.4, -0.2) is 25.9 Å². The van der Waals surface area contributed by atoms with Gasteiger partial charge in [0.05, 0.1) is 12.3 Å². The molecule has 0 aliphatic rings. The standard InChI is InChI=1S/C11H17N3O/c1-11(2,3)9-8-10-13(6-7-15)4-5-14(10)12-9/h4-5,8,15H,6-7H2,1-3H3. The van der Waals surface area contributed by atoms with E-state index in [-0.39, 0.29) is 12.0 Å². The van der Waals surface area contributed by atoms with Crippen LogP contribution in [0.5, 0.6) is 0 Å². The van der Waals surface area contributed by atoms with E-state index in [9.17, 15) is 0 Å². The van der Waals surface area contributed by atoms with Crippen molar-refractivity contribution in [2.24, 2.45) is 0 Å². The van der Waals surface area contributed by atoms with E-state index in [0.717, 1.165) is 11.3 Å². The lowest BCUT2D eigenvalue weighted by Crippen LogP contribution is -2.11. The largest absolute Gasteiger partial charge is 0.395 e. The first-order valence-electron chi connectivity index (χ1n) is 5.18. The van der Waals surface area contributed by atoms with Crippen LogP contribution in [0.15, 0.2) is 18.5 Å². The van der Waals surface area contributed by atoms with E-state index in [4.69, 9.17) is 5.11 Å². The predicted molar refractivity (Wildman–Crippen MR) is 59.0 cm³/mol. The summed E-state index contributed by atoms with van der Waals surface area (Å²) >= 11 is 0. The molecule has 0 atom stereocenters. The lowest BCUT2D eigenvalue weighted by molar-refractivity contribution is 0.278. The molecule has 15 heavy (non-hydrogen) atoms. The van der Waals surface area contributed by atoms with E-state index in [2.05, 4.69) is 31.9 Å². The number of aromatic nitrogens is 3. The number of imidazole rings is 1. The Balaban J connectivity index is 2.48. The van der Waals surface area contributed by atoms with Crippen LogP contribution < -0.4 is 0 Å². The Labute approximate surface area is 89.1 Å². The molecule has 2 heterocycles. The summed E-state index contributed by atoms with van der Waals surface area (Å²) in [5.74, 6) is 0. The van der Waals surface area contributed by atoms with E-state index < -0.39 is 0 Å². The first kappa shape index (κ1) is 10.2. The van der Waals surface area contributed by atoms with Crippen molar-refractivity contribution in [2.75, 3.05) is 6.61 Å². The van der Waals surface area contributed by atoms with Gasteiger partial charge >= 0.3 is 0 Å². The fraction of sp³-hybridized carbons (Fsp3) is 0.545. The molecular weight excluding hydrogens is 190 g/mol. The van der Waals surface area contributed by atoms with Crippen LogP contribution in [-0.2, 0) is 12.0 Å². The molecule has 2 aromatic rings. The fourth-order valence-corrected chi connectivity index (χ4v) is 1.59. The Morgan fingerprint density at radius 2 is 2.07 bits per heavy atom. The number of hydrogen-bond acceptors (Lipinski definition) is 2. The van der Waals surface area contributed by atoms with E-state index in [0.29, 0.717) is 6.54 Å². The summed E-state index contributed by atoms with van der Waals surface area (Å²) in [5.41, 5.74) is 2.18. The van der Waals surface area contributed by atoms with Crippen molar-refractivity contribution in [1.82, 2.24) is 14.2 Å². The zero-order valence-corrected chi connectivity index (χ0v) is 9.44. The normalized spacial score (nSPS) is 12.5. The van der Waals surface area contributed by atoms with Gasteiger partial charge in [0.2, 0.25) is 0 Å². The minimum absolute atomic E-state index is 0.0655. The number of aliphatic hydroxyl groups is 1. The molecule has 2 rings (SSSR count). The maximum Gasteiger partial charge on any atom is 0.136 e. The highest BCUT2D eigenvalue weighted by Gasteiger charge is 2.18. The molecule has 0 saturated heterocycles. The van der Waals surface area contributed by atoms with Crippen LogP contribution in [0.2, 0.25) is 0 Å². The SMILES string of the molecule is CC(C)(C)c1cc2n(CCO)ccn2n1. The first-order valence-corrected chi connectivity index (χ1v) is 5.18. The van der Waals surface area contributed by atoms with Gasteiger partial charge in [-0.3, -0.25) is 0 Å². The van der Waals surface area contributed by atoms with Crippen molar-refractivity contribution in [2.45, 2.75) is 32.7 Å².